The highest BCUT2D eigenvalue weighted by atomic mass is 32.1. The topological polar surface area (TPSA) is 101 Å². The molecule has 0 spiro atoms. The number of hydrogen-bond donors (Lipinski definition) is 4. The summed E-state index contributed by atoms with van der Waals surface area (Å²) in [6.45, 7) is 3.65. The van der Waals surface area contributed by atoms with Gasteiger partial charge in [-0.3, -0.25) is 10.6 Å². The molecule has 11 heteroatoms. The Kier molecular flexibility index (Phi) is 8.50. The first-order valence-corrected chi connectivity index (χ1v) is 7.96. The number of alkyl carbamates (subject to hydrolysis) is 2. The number of carbonyl (C=O) groups excluding carboxylic acids is 2. The first-order chi connectivity index (χ1) is 11.8. The van der Waals surface area contributed by atoms with E-state index in [1.807, 2.05) is 0 Å². The quantitative estimate of drug-likeness (QED) is 0.584. The van der Waals surface area contributed by atoms with Crippen LogP contribution in [0.3, 0.4) is 0 Å². The van der Waals surface area contributed by atoms with Crippen molar-refractivity contribution >= 4 is 58.2 Å². The molecule has 8 nitrogen and oxygen atoms in total. The van der Waals surface area contributed by atoms with Gasteiger partial charge in [0.15, 0.2) is 10.2 Å². The molecule has 4 N–H and O–H groups in total. The zero-order chi connectivity index (χ0) is 18.8. The summed E-state index contributed by atoms with van der Waals surface area (Å²) in [5.41, 5.74) is 0.506. The van der Waals surface area contributed by atoms with E-state index in [-0.39, 0.29) is 29.1 Å². The second-order valence-electron chi connectivity index (χ2n) is 4.29. The molecule has 1 rings (SSSR count). The summed E-state index contributed by atoms with van der Waals surface area (Å²) in [6.07, 6.45) is -1.47. The van der Waals surface area contributed by atoms with E-state index in [1.54, 1.807) is 13.8 Å². The summed E-state index contributed by atoms with van der Waals surface area (Å²) in [6, 6.07) is 3.69. The number of halogens is 1. The lowest BCUT2D eigenvalue weighted by molar-refractivity contribution is 0.157. The molecule has 1 aromatic rings. The number of hydrogen-bond acceptors (Lipinski definition) is 6. The van der Waals surface area contributed by atoms with Crippen LogP contribution in [-0.2, 0) is 9.47 Å². The Morgan fingerprint density at radius 2 is 1.44 bits per heavy atom. The summed E-state index contributed by atoms with van der Waals surface area (Å²) in [4.78, 5) is 22.6. The van der Waals surface area contributed by atoms with E-state index in [2.05, 4.69) is 26.0 Å². The molecule has 0 aliphatic rings. The van der Waals surface area contributed by atoms with Crippen molar-refractivity contribution < 1.29 is 23.5 Å². The lowest BCUT2D eigenvalue weighted by atomic mass is 10.2. The number of amides is 2. The Hall–Kier alpha value is -2.53. The maximum atomic E-state index is 13.5. The molecule has 0 unspecified atom stereocenters. The minimum atomic E-state index is -0.745. The Labute approximate surface area is 154 Å². The van der Waals surface area contributed by atoms with E-state index >= 15 is 0 Å². The van der Waals surface area contributed by atoms with E-state index in [0.717, 1.165) is 6.07 Å². The summed E-state index contributed by atoms with van der Waals surface area (Å²) >= 11 is 9.92. The Morgan fingerprint density at radius 3 is 1.92 bits per heavy atom. The van der Waals surface area contributed by atoms with E-state index in [9.17, 15) is 14.0 Å². The van der Waals surface area contributed by atoms with Crippen LogP contribution in [0, 0.1) is 5.82 Å². The second kappa shape index (κ2) is 10.4. The largest absolute Gasteiger partial charge is 0.450 e. The zero-order valence-electron chi connectivity index (χ0n) is 13.5. The number of ether oxygens (including phenoxy) is 2. The molecule has 1 aromatic carbocycles. The molecule has 0 aliphatic heterocycles. The average Bonchev–Trinajstić information content (AvgIpc) is 2.50. The number of carbonyl (C=O) groups is 2. The molecule has 0 saturated heterocycles. The number of anilines is 2. The average molecular weight is 388 g/mol. The standard InChI is InChI=1S/C14H17FN4O4S2/c1-3-22-13(20)18-11(24)16-9-6-5-8(15)7-10(9)17-12(25)19-14(21)23-4-2/h5-7H,3-4H2,1-2H3,(H2,16,18,20,24)(H2,17,19,21,25). The van der Waals surface area contributed by atoms with Gasteiger partial charge in [-0.2, -0.15) is 0 Å². The minimum absolute atomic E-state index is 0.0580. The van der Waals surface area contributed by atoms with Crippen LogP contribution in [0.1, 0.15) is 13.8 Å². The van der Waals surface area contributed by atoms with Crippen LogP contribution in [0.4, 0.5) is 25.4 Å². The molecule has 2 amide bonds. The fourth-order valence-corrected chi connectivity index (χ4v) is 1.94. The van der Waals surface area contributed by atoms with Gasteiger partial charge in [-0.15, -0.1) is 0 Å². The number of nitrogens with one attached hydrogen (secondary N) is 4. The maximum absolute atomic E-state index is 13.5. The van der Waals surface area contributed by atoms with E-state index in [4.69, 9.17) is 29.2 Å². The van der Waals surface area contributed by atoms with E-state index < -0.39 is 18.0 Å². The third kappa shape index (κ3) is 7.72. The Balaban J connectivity index is 2.78. The summed E-state index contributed by atoms with van der Waals surface area (Å²) < 4.78 is 22.9. The number of rotatable bonds is 4. The third-order valence-corrected chi connectivity index (χ3v) is 2.87. The van der Waals surface area contributed by atoms with Crippen LogP contribution in [0.2, 0.25) is 0 Å². The lowest BCUT2D eigenvalue weighted by Gasteiger charge is -2.15. The Morgan fingerprint density at radius 1 is 0.960 bits per heavy atom. The van der Waals surface area contributed by atoms with Gasteiger partial charge in [0.1, 0.15) is 5.82 Å². The van der Waals surface area contributed by atoms with Gasteiger partial charge >= 0.3 is 12.2 Å². The molecule has 0 aromatic heterocycles. The molecule has 0 saturated carbocycles. The molecule has 0 atom stereocenters. The normalized spacial score (nSPS) is 9.56. The van der Waals surface area contributed by atoms with Crippen molar-refractivity contribution in [3.63, 3.8) is 0 Å². The fourth-order valence-electron chi connectivity index (χ4n) is 1.56. The highest BCUT2D eigenvalue weighted by Gasteiger charge is 2.11. The lowest BCUT2D eigenvalue weighted by Crippen LogP contribution is -2.36. The molecule has 0 fully saturated rings. The smallest absolute Gasteiger partial charge is 0.413 e. The number of benzene rings is 1. The van der Waals surface area contributed by atoms with Crippen LogP contribution in [0.15, 0.2) is 18.2 Å². The van der Waals surface area contributed by atoms with Gasteiger partial charge in [0, 0.05) is 0 Å². The van der Waals surface area contributed by atoms with Crippen molar-refractivity contribution in [1.29, 1.82) is 0 Å². The predicted octanol–water partition coefficient (Wildman–Crippen LogP) is 2.71. The van der Waals surface area contributed by atoms with Gasteiger partial charge in [0.2, 0.25) is 0 Å². The van der Waals surface area contributed by atoms with Crippen LogP contribution in [0.25, 0.3) is 0 Å². The van der Waals surface area contributed by atoms with Crippen molar-refractivity contribution in [2.75, 3.05) is 23.8 Å². The van der Waals surface area contributed by atoms with Crippen molar-refractivity contribution in [3.8, 4) is 0 Å². The maximum Gasteiger partial charge on any atom is 0.413 e. The van der Waals surface area contributed by atoms with Gasteiger partial charge < -0.3 is 20.1 Å². The highest BCUT2D eigenvalue weighted by Crippen LogP contribution is 2.22. The predicted molar refractivity (Wildman–Crippen MR) is 99.2 cm³/mol. The van der Waals surface area contributed by atoms with Gasteiger partial charge in [-0.25, -0.2) is 14.0 Å². The summed E-state index contributed by atoms with van der Waals surface area (Å²) in [5.74, 6) is -0.545. The summed E-state index contributed by atoms with van der Waals surface area (Å²) in [7, 11) is 0. The first-order valence-electron chi connectivity index (χ1n) is 7.14. The molecule has 25 heavy (non-hydrogen) atoms. The van der Waals surface area contributed by atoms with Crippen LogP contribution in [-0.4, -0.2) is 35.6 Å². The van der Waals surface area contributed by atoms with Crippen molar-refractivity contribution in [3.05, 3.63) is 24.0 Å². The van der Waals surface area contributed by atoms with Gasteiger partial charge in [-0.05, 0) is 56.5 Å². The summed E-state index contributed by atoms with van der Waals surface area (Å²) in [5, 5.41) is 9.73. The molecule has 0 heterocycles. The molecule has 0 aliphatic carbocycles. The van der Waals surface area contributed by atoms with Crippen LogP contribution in [0.5, 0.6) is 0 Å². The van der Waals surface area contributed by atoms with Gasteiger partial charge in [-0.1, -0.05) is 0 Å². The third-order valence-electron chi connectivity index (χ3n) is 2.46. The number of thiocarbonyl (C=S) groups is 2. The van der Waals surface area contributed by atoms with Gasteiger partial charge in [0.05, 0.1) is 24.6 Å². The molecule has 0 radical (unpaired) electrons. The van der Waals surface area contributed by atoms with Crippen LogP contribution < -0.4 is 21.3 Å². The first kappa shape index (κ1) is 20.5. The zero-order valence-corrected chi connectivity index (χ0v) is 15.1. The molecular weight excluding hydrogens is 371 g/mol. The van der Waals surface area contributed by atoms with Crippen molar-refractivity contribution in [1.82, 2.24) is 10.6 Å². The SMILES string of the molecule is CCOC(=O)NC(=S)Nc1ccc(F)cc1NC(=S)NC(=O)OCC. The van der Waals surface area contributed by atoms with Gasteiger partial charge in [0.25, 0.3) is 0 Å². The van der Waals surface area contributed by atoms with Crippen molar-refractivity contribution in [2.45, 2.75) is 13.8 Å². The monoisotopic (exact) mass is 388 g/mol. The molecule has 0 bridgehead atoms. The minimum Gasteiger partial charge on any atom is -0.450 e. The highest BCUT2D eigenvalue weighted by molar-refractivity contribution is 7.80. The fraction of sp³-hybridized carbons (Fsp3) is 0.286. The second-order valence-corrected chi connectivity index (χ2v) is 5.11. The van der Waals surface area contributed by atoms with E-state index in [0.29, 0.717) is 5.69 Å². The van der Waals surface area contributed by atoms with Crippen molar-refractivity contribution in [2.24, 2.45) is 0 Å². The van der Waals surface area contributed by atoms with Crippen LogP contribution >= 0.6 is 24.4 Å². The molecular formula is C14H17FN4O4S2. The molecule has 136 valence electrons. The Bertz CT molecular complexity index is 672. The van der Waals surface area contributed by atoms with E-state index in [1.165, 1.54) is 12.1 Å².